The zero-order valence-corrected chi connectivity index (χ0v) is 14.5. The Hall–Kier alpha value is -1.16. The Morgan fingerprint density at radius 2 is 1.95 bits per heavy atom. The van der Waals surface area contributed by atoms with Crippen LogP contribution < -0.4 is 10.1 Å². The second kappa shape index (κ2) is 6.73. The molecule has 1 aromatic carbocycles. The highest BCUT2D eigenvalue weighted by molar-refractivity contribution is 8.13. The molecule has 0 fully saturated rings. The Labute approximate surface area is 132 Å². The van der Waals surface area contributed by atoms with Crippen molar-refractivity contribution in [2.45, 2.75) is 46.2 Å². The van der Waals surface area contributed by atoms with E-state index in [2.05, 4.69) is 45.1 Å². The predicted molar refractivity (Wildman–Crippen MR) is 92.3 cm³/mol. The van der Waals surface area contributed by atoms with Gasteiger partial charge in [0.05, 0.1) is 19.2 Å². The van der Waals surface area contributed by atoms with Gasteiger partial charge in [0.15, 0.2) is 5.17 Å². The van der Waals surface area contributed by atoms with Gasteiger partial charge in [0.25, 0.3) is 0 Å². The third-order valence-corrected chi connectivity index (χ3v) is 4.80. The molecule has 1 N–H and O–H groups in total. The number of rotatable bonds is 3. The molecular weight excluding hydrogens is 280 g/mol. The molecule has 2 atom stereocenters. The number of methoxy groups -OCH3 is 1. The fourth-order valence-electron chi connectivity index (χ4n) is 2.38. The van der Waals surface area contributed by atoms with Crippen molar-refractivity contribution in [3.63, 3.8) is 0 Å². The van der Waals surface area contributed by atoms with E-state index in [1.54, 1.807) is 7.11 Å². The van der Waals surface area contributed by atoms with Crippen molar-refractivity contribution in [1.82, 2.24) is 5.32 Å². The Morgan fingerprint density at radius 3 is 2.52 bits per heavy atom. The third-order valence-electron chi connectivity index (χ3n) is 3.86. The molecule has 0 aromatic heterocycles. The van der Waals surface area contributed by atoms with Crippen molar-refractivity contribution in [2.24, 2.45) is 10.4 Å². The Balaban J connectivity index is 2.04. The van der Waals surface area contributed by atoms with Gasteiger partial charge < -0.3 is 10.1 Å². The topological polar surface area (TPSA) is 33.6 Å². The number of ether oxygens (including phenoxy) is 1. The fraction of sp³-hybridized carbons (Fsp3) is 0.588. The first kappa shape index (κ1) is 16.2. The lowest BCUT2D eigenvalue weighted by Crippen LogP contribution is -2.34. The van der Waals surface area contributed by atoms with Gasteiger partial charge in [-0.2, -0.15) is 0 Å². The highest BCUT2D eigenvalue weighted by Gasteiger charge is 2.27. The van der Waals surface area contributed by atoms with E-state index in [0.717, 1.165) is 23.1 Å². The minimum absolute atomic E-state index is 0.233. The summed E-state index contributed by atoms with van der Waals surface area (Å²) in [5.74, 6) is 2.03. The standard InChI is InChI=1S/C17H26N2OS/c1-12(13-6-8-14(20-5)9-7-13)18-16-19-15(10-11-21-16)17(2,3)4/h6-9,12,15H,10-11H2,1-5H3,(H,18,19). The number of aliphatic imine (C=N–C) groups is 1. The normalized spacial score (nSPS) is 20.6. The van der Waals surface area contributed by atoms with Crippen LogP contribution in [-0.4, -0.2) is 24.1 Å². The smallest absolute Gasteiger partial charge is 0.157 e. The molecule has 0 amide bonds. The van der Waals surface area contributed by atoms with E-state index < -0.39 is 0 Å². The lowest BCUT2D eigenvalue weighted by molar-refractivity contribution is 0.315. The third kappa shape index (κ3) is 4.40. The predicted octanol–water partition coefficient (Wildman–Crippen LogP) is 4.25. The quantitative estimate of drug-likeness (QED) is 0.906. The summed E-state index contributed by atoms with van der Waals surface area (Å²) in [6.45, 7) is 8.97. The molecule has 0 saturated carbocycles. The monoisotopic (exact) mass is 306 g/mol. The summed E-state index contributed by atoms with van der Waals surface area (Å²) in [5, 5.41) is 4.62. The number of nitrogens with one attached hydrogen (secondary N) is 1. The zero-order chi connectivity index (χ0) is 15.5. The van der Waals surface area contributed by atoms with Gasteiger partial charge >= 0.3 is 0 Å². The number of benzene rings is 1. The van der Waals surface area contributed by atoms with Crippen molar-refractivity contribution in [2.75, 3.05) is 12.9 Å². The first-order valence-electron chi connectivity index (χ1n) is 7.51. The van der Waals surface area contributed by atoms with Crippen LogP contribution in [-0.2, 0) is 0 Å². The Bertz CT molecular complexity index is 491. The van der Waals surface area contributed by atoms with E-state index in [4.69, 9.17) is 9.73 Å². The number of hydrogen-bond acceptors (Lipinski definition) is 4. The van der Waals surface area contributed by atoms with Crippen LogP contribution in [0.15, 0.2) is 29.3 Å². The first-order valence-corrected chi connectivity index (χ1v) is 8.50. The largest absolute Gasteiger partial charge is 0.497 e. The van der Waals surface area contributed by atoms with Crippen LogP contribution >= 0.6 is 11.8 Å². The maximum Gasteiger partial charge on any atom is 0.157 e. The molecule has 2 unspecified atom stereocenters. The summed E-state index contributed by atoms with van der Waals surface area (Å²) in [5.41, 5.74) is 1.48. The summed E-state index contributed by atoms with van der Waals surface area (Å²) < 4.78 is 5.20. The van der Waals surface area contributed by atoms with Crippen LogP contribution in [0.1, 0.15) is 45.7 Å². The molecular formula is C17H26N2OS. The van der Waals surface area contributed by atoms with Crippen LogP contribution in [0.25, 0.3) is 0 Å². The van der Waals surface area contributed by atoms with Crippen molar-refractivity contribution < 1.29 is 4.74 Å². The van der Waals surface area contributed by atoms with Gasteiger partial charge in [0.1, 0.15) is 5.75 Å². The summed E-state index contributed by atoms with van der Waals surface area (Å²) >= 11 is 1.83. The van der Waals surface area contributed by atoms with Crippen LogP contribution in [0.3, 0.4) is 0 Å². The Morgan fingerprint density at radius 1 is 1.29 bits per heavy atom. The molecule has 1 aliphatic heterocycles. The molecule has 1 heterocycles. The van der Waals surface area contributed by atoms with Gasteiger partial charge in [0, 0.05) is 5.75 Å². The maximum atomic E-state index is 5.20. The van der Waals surface area contributed by atoms with E-state index in [1.807, 2.05) is 23.9 Å². The number of hydrogen-bond donors (Lipinski definition) is 1. The lowest BCUT2D eigenvalue weighted by Gasteiger charge is -2.31. The molecule has 116 valence electrons. The molecule has 21 heavy (non-hydrogen) atoms. The molecule has 2 rings (SSSR count). The zero-order valence-electron chi connectivity index (χ0n) is 13.6. The highest BCUT2D eigenvalue weighted by Crippen LogP contribution is 2.31. The summed E-state index contributed by atoms with van der Waals surface area (Å²) in [6.07, 6.45) is 1.16. The van der Waals surface area contributed by atoms with E-state index in [9.17, 15) is 0 Å². The van der Waals surface area contributed by atoms with Gasteiger partial charge in [-0.15, -0.1) is 0 Å². The maximum absolute atomic E-state index is 5.20. The van der Waals surface area contributed by atoms with Crippen molar-refractivity contribution in [3.8, 4) is 5.75 Å². The molecule has 0 radical (unpaired) electrons. The molecule has 0 saturated heterocycles. The van der Waals surface area contributed by atoms with Crippen LogP contribution in [0.5, 0.6) is 5.75 Å². The molecule has 0 spiro atoms. The number of thioether (sulfide) groups is 1. The van der Waals surface area contributed by atoms with Gasteiger partial charge in [-0.25, -0.2) is 0 Å². The number of amidine groups is 1. The van der Waals surface area contributed by atoms with Crippen LogP contribution in [0, 0.1) is 5.41 Å². The highest BCUT2D eigenvalue weighted by atomic mass is 32.2. The fourth-order valence-corrected chi connectivity index (χ4v) is 3.37. The molecule has 1 aliphatic rings. The lowest BCUT2D eigenvalue weighted by atomic mass is 9.85. The molecule has 0 bridgehead atoms. The average Bonchev–Trinajstić information content (AvgIpc) is 2.47. The minimum Gasteiger partial charge on any atom is -0.497 e. The van der Waals surface area contributed by atoms with Gasteiger partial charge in [-0.1, -0.05) is 44.7 Å². The second-order valence-electron chi connectivity index (χ2n) is 6.59. The van der Waals surface area contributed by atoms with Gasteiger partial charge in [-0.05, 0) is 36.5 Å². The summed E-state index contributed by atoms with van der Waals surface area (Å²) in [7, 11) is 1.69. The first-order chi connectivity index (χ1) is 9.90. The average molecular weight is 306 g/mol. The van der Waals surface area contributed by atoms with Crippen molar-refractivity contribution in [3.05, 3.63) is 29.8 Å². The van der Waals surface area contributed by atoms with Gasteiger partial charge in [0.2, 0.25) is 0 Å². The van der Waals surface area contributed by atoms with E-state index >= 15 is 0 Å². The summed E-state index contributed by atoms with van der Waals surface area (Å²) in [6, 6.07) is 8.87. The van der Waals surface area contributed by atoms with Crippen molar-refractivity contribution in [1.29, 1.82) is 0 Å². The molecule has 4 heteroatoms. The van der Waals surface area contributed by atoms with Crippen LogP contribution in [0.2, 0.25) is 0 Å². The van der Waals surface area contributed by atoms with Crippen LogP contribution in [0.4, 0.5) is 0 Å². The molecule has 3 nitrogen and oxygen atoms in total. The summed E-state index contributed by atoms with van der Waals surface area (Å²) in [4.78, 5) is 4.90. The minimum atomic E-state index is 0.233. The van der Waals surface area contributed by atoms with Crippen molar-refractivity contribution >= 4 is 16.9 Å². The molecule has 1 aromatic rings. The molecule has 0 aliphatic carbocycles. The second-order valence-corrected chi connectivity index (χ2v) is 7.68. The SMILES string of the molecule is COc1ccc(C(C)NC2=NC(C(C)(C)C)CCS2)cc1. The van der Waals surface area contributed by atoms with E-state index in [1.165, 1.54) is 5.56 Å². The van der Waals surface area contributed by atoms with Gasteiger partial charge in [-0.3, -0.25) is 4.99 Å². The van der Waals surface area contributed by atoms with E-state index in [-0.39, 0.29) is 11.5 Å². The Kier molecular flexibility index (Phi) is 5.20. The van der Waals surface area contributed by atoms with E-state index in [0.29, 0.717) is 6.04 Å². The number of nitrogens with zero attached hydrogens (tertiary/aromatic N) is 1.